The number of hydrogen-bond acceptors (Lipinski definition) is 5. The molecule has 2 heterocycles. The second kappa shape index (κ2) is 7.72. The second-order valence-corrected chi connectivity index (χ2v) is 7.20. The Morgan fingerprint density at radius 3 is 3.00 bits per heavy atom. The number of nitrogens with zero attached hydrogens (tertiary/aromatic N) is 2. The Morgan fingerprint density at radius 2 is 2.25 bits per heavy atom. The summed E-state index contributed by atoms with van der Waals surface area (Å²) in [6.07, 6.45) is 0.736. The van der Waals surface area contributed by atoms with Gasteiger partial charge in [0, 0.05) is 17.3 Å². The van der Waals surface area contributed by atoms with Gasteiger partial charge >= 0.3 is 0 Å². The summed E-state index contributed by atoms with van der Waals surface area (Å²) >= 11 is 4.99. The van der Waals surface area contributed by atoms with Crippen LogP contribution in [0.2, 0.25) is 0 Å². The van der Waals surface area contributed by atoms with Gasteiger partial charge in [0.25, 0.3) is 0 Å². The van der Waals surface area contributed by atoms with Crippen LogP contribution in [0.3, 0.4) is 0 Å². The Morgan fingerprint density at radius 1 is 1.38 bits per heavy atom. The van der Waals surface area contributed by atoms with E-state index in [4.69, 9.17) is 4.52 Å². The molecule has 24 heavy (non-hydrogen) atoms. The summed E-state index contributed by atoms with van der Waals surface area (Å²) in [6, 6.07) is 11.7. The van der Waals surface area contributed by atoms with Crippen LogP contribution in [0.4, 0.5) is 0 Å². The molecule has 0 fully saturated rings. The third-order valence-corrected chi connectivity index (χ3v) is 4.86. The van der Waals surface area contributed by atoms with E-state index in [1.165, 1.54) is 0 Å². The van der Waals surface area contributed by atoms with E-state index >= 15 is 0 Å². The number of halogens is 1. The van der Waals surface area contributed by atoms with Crippen molar-refractivity contribution in [3.63, 3.8) is 0 Å². The van der Waals surface area contributed by atoms with Gasteiger partial charge in [-0.1, -0.05) is 39.3 Å². The lowest BCUT2D eigenvalue weighted by molar-refractivity contribution is -0.121. The first kappa shape index (κ1) is 16.9. The fourth-order valence-electron chi connectivity index (χ4n) is 2.26. The molecule has 0 aliphatic carbocycles. The highest BCUT2D eigenvalue weighted by Gasteiger charge is 2.13. The Labute approximate surface area is 152 Å². The smallest absolute Gasteiger partial charge is 0.227 e. The maximum atomic E-state index is 12.1. The monoisotopic (exact) mass is 405 g/mol. The van der Waals surface area contributed by atoms with Crippen LogP contribution >= 0.6 is 27.3 Å². The van der Waals surface area contributed by atoms with Crippen LogP contribution in [0.25, 0.3) is 10.7 Å². The van der Waals surface area contributed by atoms with Gasteiger partial charge in [-0.15, -0.1) is 11.3 Å². The Balaban J connectivity index is 1.52. The van der Waals surface area contributed by atoms with Gasteiger partial charge in [0.2, 0.25) is 17.6 Å². The number of amides is 1. The topological polar surface area (TPSA) is 68.0 Å². The molecule has 7 heteroatoms. The van der Waals surface area contributed by atoms with Gasteiger partial charge in [-0.3, -0.25) is 4.79 Å². The molecule has 5 nitrogen and oxygen atoms in total. The number of rotatable bonds is 6. The van der Waals surface area contributed by atoms with Crippen molar-refractivity contribution in [2.24, 2.45) is 0 Å². The molecular weight excluding hydrogens is 390 g/mol. The number of carbonyl (C=O) groups excluding carboxylic acids is 1. The molecule has 1 aromatic carbocycles. The second-order valence-electron chi connectivity index (χ2n) is 5.33. The highest BCUT2D eigenvalue weighted by atomic mass is 79.9. The predicted molar refractivity (Wildman–Crippen MR) is 96.6 cm³/mol. The first-order valence-electron chi connectivity index (χ1n) is 7.53. The standard InChI is InChI=1S/C17H16BrN3O2S/c1-11(12-4-2-5-13(18)10-12)19-15(22)7-8-16-20-17(21-23-16)14-6-3-9-24-14/h2-6,9-11H,7-8H2,1H3,(H,19,22). The van der Waals surface area contributed by atoms with Crippen molar-refractivity contribution in [1.82, 2.24) is 15.5 Å². The molecule has 3 rings (SSSR count). The van der Waals surface area contributed by atoms with Crippen LogP contribution in [-0.2, 0) is 11.2 Å². The van der Waals surface area contributed by atoms with E-state index in [0.29, 0.717) is 24.6 Å². The van der Waals surface area contributed by atoms with Crippen molar-refractivity contribution in [1.29, 1.82) is 0 Å². The first-order chi connectivity index (χ1) is 11.6. The van der Waals surface area contributed by atoms with Crippen LogP contribution in [-0.4, -0.2) is 16.0 Å². The molecule has 0 bridgehead atoms. The van der Waals surface area contributed by atoms with Gasteiger partial charge in [0.1, 0.15) is 0 Å². The van der Waals surface area contributed by atoms with Crippen molar-refractivity contribution >= 4 is 33.2 Å². The SMILES string of the molecule is CC(NC(=O)CCc1nc(-c2cccs2)no1)c1cccc(Br)c1. The molecule has 1 unspecified atom stereocenters. The lowest BCUT2D eigenvalue weighted by Gasteiger charge is -2.14. The highest BCUT2D eigenvalue weighted by molar-refractivity contribution is 9.10. The van der Waals surface area contributed by atoms with Crippen LogP contribution in [0.1, 0.15) is 30.8 Å². The third-order valence-electron chi connectivity index (χ3n) is 3.50. The predicted octanol–water partition coefficient (Wildman–Crippen LogP) is 4.37. The minimum Gasteiger partial charge on any atom is -0.350 e. The van der Waals surface area contributed by atoms with E-state index in [-0.39, 0.29) is 11.9 Å². The minimum atomic E-state index is -0.0561. The van der Waals surface area contributed by atoms with Gasteiger partial charge in [0.15, 0.2) is 0 Å². The maximum Gasteiger partial charge on any atom is 0.227 e. The fraction of sp³-hybridized carbons (Fsp3) is 0.235. The maximum absolute atomic E-state index is 12.1. The summed E-state index contributed by atoms with van der Waals surface area (Å²) < 4.78 is 6.20. The average molecular weight is 406 g/mol. The molecule has 0 radical (unpaired) electrons. The lowest BCUT2D eigenvalue weighted by atomic mass is 10.1. The van der Waals surface area contributed by atoms with E-state index in [1.54, 1.807) is 11.3 Å². The highest BCUT2D eigenvalue weighted by Crippen LogP contribution is 2.21. The molecule has 0 saturated heterocycles. The number of aromatic nitrogens is 2. The van der Waals surface area contributed by atoms with Crippen molar-refractivity contribution < 1.29 is 9.32 Å². The first-order valence-corrected chi connectivity index (χ1v) is 9.20. The zero-order valence-electron chi connectivity index (χ0n) is 13.0. The van der Waals surface area contributed by atoms with Gasteiger partial charge in [-0.05, 0) is 36.1 Å². The van der Waals surface area contributed by atoms with Crippen LogP contribution in [0.15, 0.2) is 50.8 Å². The minimum absolute atomic E-state index is 0.0432. The number of hydrogen-bond donors (Lipinski definition) is 1. The molecule has 2 aromatic heterocycles. The van der Waals surface area contributed by atoms with Crippen molar-refractivity contribution in [2.75, 3.05) is 0 Å². The largest absolute Gasteiger partial charge is 0.350 e. The molecule has 1 atom stereocenters. The molecule has 124 valence electrons. The molecule has 0 aliphatic heterocycles. The van der Waals surface area contributed by atoms with Crippen LogP contribution in [0, 0.1) is 0 Å². The summed E-state index contributed by atoms with van der Waals surface area (Å²) in [6.45, 7) is 1.96. The molecule has 0 spiro atoms. The normalized spacial score (nSPS) is 12.1. The molecular formula is C17H16BrN3O2S. The van der Waals surface area contributed by atoms with Crippen molar-refractivity contribution in [2.45, 2.75) is 25.8 Å². The zero-order chi connectivity index (χ0) is 16.9. The van der Waals surface area contributed by atoms with Crippen LogP contribution < -0.4 is 5.32 Å². The van der Waals surface area contributed by atoms with Crippen molar-refractivity contribution in [3.05, 3.63) is 57.7 Å². The summed E-state index contributed by atoms with van der Waals surface area (Å²) in [7, 11) is 0. The molecule has 1 N–H and O–H groups in total. The van der Waals surface area contributed by atoms with E-state index in [0.717, 1.165) is 14.9 Å². The number of nitrogens with one attached hydrogen (secondary N) is 1. The average Bonchev–Trinajstić information content (AvgIpc) is 3.24. The number of aryl methyl sites for hydroxylation is 1. The lowest BCUT2D eigenvalue weighted by Crippen LogP contribution is -2.26. The number of carbonyl (C=O) groups is 1. The molecule has 0 aliphatic rings. The van der Waals surface area contributed by atoms with Crippen molar-refractivity contribution in [3.8, 4) is 10.7 Å². The van der Waals surface area contributed by atoms with Gasteiger partial charge in [0.05, 0.1) is 10.9 Å². The quantitative estimate of drug-likeness (QED) is 0.660. The van der Waals surface area contributed by atoms with E-state index in [2.05, 4.69) is 31.4 Å². The zero-order valence-corrected chi connectivity index (χ0v) is 15.4. The van der Waals surface area contributed by atoms with E-state index in [9.17, 15) is 4.79 Å². The number of benzene rings is 1. The Bertz CT molecular complexity index is 817. The third kappa shape index (κ3) is 4.30. The fourth-order valence-corrected chi connectivity index (χ4v) is 3.32. The summed E-state index contributed by atoms with van der Waals surface area (Å²) in [5.41, 5.74) is 1.05. The Kier molecular flexibility index (Phi) is 5.42. The summed E-state index contributed by atoms with van der Waals surface area (Å²) in [4.78, 5) is 17.4. The molecule has 3 aromatic rings. The molecule has 0 saturated carbocycles. The van der Waals surface area contributed by atoms with E-state index < -0.39 is 0 Å². The molecule has 1 amide bonds. The van der Waals surface area contributed by atoms with E-state index in [1.807, 2.05) is 48.7 Å². The van der Waals surface area contributed by atoms with Crippen LogP contribution in [0.5, 0.6) is 0 Å². The Hall–Kier alpha value is -1.99. The van der Waals surface area contributed by atoms with Gasteiger partial charge in [-0.25, -0.2) is 0 Å². The summed E-state index contributed by atoms with van der Waals surface area (Å²) in [5.74, 6) is 1.00. The number of thiophene rings is 1. The van der Waals surface area contributed by atoms with Gasteiger partial charge < -0.3 is 9.84 Å². The summed E-state index contributed by atoms with van der Waals surface area (Å²) in [5, 5.41) is 8.88. The van der Waals surface area contributed by atoms with Gasteiger partial charge in [-0.2, -0.15) is 4.98 Å².